The van der Waals surface area contributed by atoms with Crippen molar-refractivity contribution in [3.63, 3.8) is 0 Å². The molecule has 0 aliphatic rings. The minimum atomic E-state index is 1.15. The second-order valence-corrected chi connectivity index (χ2v) is 34.2. The van der Waals surface area contributed by atoms with Gasteiger partial charge in [-0.2, -0.15) is 0 Å². The van der Waals surface area contributed by atoms with Gasteiger partial charge >= 0.3 is 0 Å². The smallest absolute Gasteiger partial charge is 0.0641 e. The summed E-state index contributed by atoms with van der Waals surface area (Å²) in [6, 6.07) is 184. The number of hydrogen-bond acceptors (Lipinski definition) is 0. The van der Waals surface area contributed by atoms with Crippen LogP contribution in [0, 0.1) is 0 Å². The van der Waals surface area contributed by atoms with E-state index in [1.54, 1.807) is 0 Å². The molecule has 0 spiro atoms. The Bertz CT molecular complexity index is 8810. The van der Waals surface area contributed by atoms with Crippen molar-refractivity contribution in [3.8, 4) is 101 Å². The highest BCUT2D eigenvalue weighted by atomic mass is 15.0. The summed E-state index contributed by atoms with van der Waals surface area (Å²) in [5.74, 6) is 0. The molecule has 0 unspecified atom stereocenters. The van der Waals surface area contributed by atoms with Gasteiger partial charge in [-0.25, -0.2) is 0 Å². The third-order valence-electron chi connectivity index (χ3n) is 26.7. The molecule has 618 valence electrons. The number of para-hydroxylation sites is 7. The minimum absolute atomic E-state index is 1.15. The molecule has 0 radical (unpaired) electrons. The first-order valence-corrected chi connectivity index (χ1v) is 45.4. The van der Waals surface area contributed by atoms with Gasteiger partial charge in [0.05, 0.1) is 66.2 Å². The predicted octanol–water partition coefficient (Wildman–Crippen LogP) is 33.6. The van der Waals surface area contributed by atoms with Gasteiger partial charge in [0.1, 0.15) is 0 Å². The van der Waals surface area contributed by atoms with E-state index in [9.17, 15) is 0 Å². The van der Waals surface area contributed by atoms with E-state index in [0.717, 1.165) is 34.1 Å². The molecule has 6 heterocycles. The molecule has 0 aliphatic heterocycles. The largest absolute Gasteiger partial charge is 0.309 e. The fourth-order valence-electron chi connectivity index (χ4n) is 20.7. The van der Waals surface area contributed by atoms with Crippen molar-refractivity contribution in [2.24, 2.45) is 0 Å². The van der Waals surface area contributed by atoms with Gasteiger partial charge in [0.25, 0.3) is 0 Å². The predicted molar refractivity (Wildman–Crippen MR) is 558 cm³/mol. The summed E-state index contributed by atoms with van der Waals surface area (Å²) in [6.07, 6.45) is 0. The molecule has 6 aromatic heterocycles. The van der Waals surface area contributed by atoms with Gasteiger partial charge < -0.3 is 27.4 Å². The fourth-order valence-corrected chi connectivity index (χ4v) is 20.7. The zero-order valence-electron chi connectivity index (χ0n) is 72.2. The van der Waals surface area contributed by atoms with E-state index in [1.807, 2.05) is 0 Å². The Hall–Kier alpha value is -17.6. The lowest BCUT2D eigenvalue weighted by Crippen LogP contribution is -1.97. The van der Waals surface area contributed by atoms with Crippen molar-refractivity contribution in [3.05, 3.63) is 510 Å². The van der Waals surface area contributed by atoms with Crippen LogP contribution in [-0.2, 0) is 0 Å². The molecule has 0 fully saturated rings. The topological polar surface area (TPSA) is 29.6 Å². The quantitative estimate of drug-likeness (QED) is 0.117. The van der Waals surface area contributed by atoms with Crippen molar-refractivity contribution in [2.45, 2.75) is 0 Å². The zero-order chi connectivity index (χ0) is 87.1. The number of benzene rings is 21. The average Bonchev–Trinajstić information content (AvgIpc) is 1.54. The lowest BCUT2D eigenvalue weighted by molar-refractivity contribution is 1.16. The molecule has 132 heavy (non-hydrogen) atoms. The molecule has 0 bridgehead atoms. The first-order chi connectivity index (χ1) is 65.5. The number of nitrogens with zero attached hydrogens (tertiary/aromatic N) is 6. The van der Waals surface area contributed by atoms with Gasteiger partial charge in [0.2, 0.25) is 0 Å². The van der Waals surface area contributed by atoms with Crippen molar-refractivity contribution in [1.29, 1.82) is 0 Å². The third-order valence-corrected chi connectivity index (χ3v) is 26.7. The van der Waals surface area contributed by atoms with E-state index < -0.39 is 0 Å². The van der Waals surface area contributed by atoms with Crippen molar-refractivity contribution in [1.82, 2.24) is 27.4 Å². The Balaban J connectivity index is 0.000000106. The molecule has 27 rings (SSSR count). The maximum atomic E-state index is 2.46. The van der Waals surface area contributed by atoms with Crippen LogP contribution in [0.2, 0.25) is 0 Å². The highest BCUT2D eigenvalue weighted by Gasteiger charge is 2.25. The minimum Gasteiger partial charge on any atom is -0.309 e. The van der Waals surface area contributed by atoms with Crippen LogP contribution in [0.3, 0.4) is 0 Å². The third kappa shape index (κ3) is 13.2. The van der Waals surface area contributed by atoms with Crippen molar-refractivity contribution in [2.75, 3.05) is 0 Å². The molecule has 0 saturated carbocycles. The molecule has 6 heteroatoms. The molecule has 0 saturated heterocycles. The normalized spacial score (nSPS) is 11.6. The Kier molecular flexibility index (Phi) is 18.8. The molecule has 0 N–H and O–H groups in total. The first-order valence-electron chi connectivity index (χ1n) is 45.4. The summed E-state index contributed by atoms with van der Waals surface area (Å²) in [5.41, 5.74) is 36.1. The van der Waals surface area contributed by atoms with Crippen LogP contribution >= 0.6 is 0 Å². The molecule has 27 aromatic rings. The second-order valence-electron chi connectivity index (χ2n) is 34.2. The maximum absolute atomic E-state index is 2.46. The van der Waals surface area contributed by atoms with E-state index in [0.29, 0.717) is 0 Å². The standard InChI is InChI=1S/3C42H28N2/c1-4-14-29(15-5-1)31-24-32(30-16-6-2-7-17-30)26-34(25-31)44-40-23-13-11-21-36(40)38-27-37-35-20-10-12-22-39(35)43(41(37)28-42(38)44)33-18-8-3-9-19-33;1-3-11-29(12-4-1)31-19-23-33(24-20-31)43-39-17-9-7-15-35(39)37-28-42-38(27-41(37)43)36-16-8-10-18-40(36)44(42)34-25-21-32(22-26-34)30-13-5-2-6-14-30;1-3-11-29(12-4-1)31-19-23-33(24-20-31)43-39-18-10-8-16-37(39)41-40(43)28-27-36-35-15-7-9-17-38(35)44(42(36)41)34-25-21-32(22-26-34)30-13-5-2-6-14-30/h3*1-28H. The fraction of sp³-hybridized carbons (Fsp3) is 0. The second kappa shape index (κ2) is 32.4. The van der Waals surface area contributed by atoms with E-state index in [2.05, 4.69) is 537 Å². The summed E-state index contributed by atoms with van der Waals surface area (Å²) < 4.78 is 14.6. The average molecular weight is 1680 g/mol. The van der Waals surface area contributed by atoms with E-state index in [1.165, 1.54) is 198 Å². The molecule has 0 atom stereocenters. The summed E-state index contributed by atoms with van der Waals surface area (Å²) in [4.78, 5) is 0. The number of fused-ring (bicyclic) bond motifs is 19. The molecule has 21 aromatic carbocycles. The van der Waals surface area contributed by atoms with Gasteiger partial charge in [-0.3, -0.25) is 0 Å². The lowest BCUT2D eigenvalue weighted by Gasteiger charge is -2.14. The van der Waals surface area contributed by atoms with E-state index in [4.69, 9.17) is 0 Å². The number of aromatic nitrogens is 6. The van der Waals surface area contributed by atoms with E-state index in [-0.39, 0.29) is 0 Å². The van der Waals surface area contributed by atoms with Crippen molar-refractivity contribution < 1.29 is 0 Å². The van der Waals surface area contributed by atoms with Crippen molar-refractivity contribution >= 4 is 131 Å². The number of hydrogen-bond donors (Lipinski definition) is 0. The molecule has 0 amide bonds. The van der Waals surface area contributed by atoms with Gasteiger partial charge in [0, 0.05) is 98.8 Å². The Labute approximate surface area is 763 Å². The molecular formula is C126H84N6. The molecular weight excluding hydrogens is 1600 g/mol. The van der Waals surface area contributed by atoms with Gasteiger partial charge in [-0.15, -0.1) is 0 Å². The lowest BCUT2D eigenvalue weighted by atomic mass is 9.98. The summed E-state index contributed by atoms with van der Waals surface area (Å²) >= 11 is 0. The molecule has 6 nitrogen and oxygen atoms in total. The van der Waals surface area contributed by atoms with Gasteiger partial charge in [-0.1, -0.05) is 364 Å². The summed E-state index contributed by atoms with van der Waals surface area (Å²) in [6.45, 7) is 0. The summed E-state index contributed by atoms with van der Waals surface area (Å²) in [5, 5.41) is 15.1. The zero-order valence-corrected chi connectivity index (χ0v) is 72.2. The van der Waals surface area contributed by atoms with Crippen LogP contribution in [0.4, 0.5) is 0 Å². The first kappa shape index (κ1) is 76.8. The van der Waals surface area contributed by atoms with Crippen LogP contribution in [0.25, 0.3) is 232 Å². The maximum Gasteiger partial charge on any atom is 0.0641 e. The summed E-state index contributed by atoms with van der Waals surface area (Å²) in [7, 11) is 0. The monoisotopic (exact) mass is 1680 g/mol. The molecule has 0 aliphatic carbocycles. The Morgan fingerprint density at radius 2 is 0.326 bits per heavy atom. The SMILES string of the molecule is c1ccc(-c2cc(-c3ccccc3)cc(-n3c4ccccc4c4cc5c6ccccc6n(-c6ccccc6)c5cc43)c2)cc1.c1ccc(-c2ccc(-n3c4ccccc4c4c3ccc3c5ccccc5n(-c5ccc(-c6ccccc6)cc5)c34)cc2)cc1.c1ccc(-c2ccc(-n3c4ccccc4c4cc5c(cc43)c3ccccc3n5-c3ccc(-c4ccccc4)cc3)cc2)cc1. The Morgan fingerprint density at radius 3 is 0.667 bits per heavy atom. The highest BCUT2D eigenvalue weighted by molar-refractivity contribution is 6.27. The Morgan fingerprint density at radius 1 is 0.0985 bits per heavy atom. The van der Waals surface area contributed by atoms with Crippen LogP contribution in [0.1, 0.15) is 0 Å². The van der Waals surface area contributed by atoms with Crippen LogP contribution in [0.5, 0.6) is 0 Å². The van der Waals surface area contributed by atoms with Crippen LogP contribution in [0.15, 0.2) is 510 Å². The van der Waals surface area contributed by atoms with Gasteiger partial charge in [0.15, 0.2) is 0 Å². The highest BCUT2D eigenvalue weighted by Crippen LogP contribution is 2.47. The van der Waals surface area contributed by atoms with E-state index >= 15 is 0 Å². The van der Waals surface area contributed by atoms with Gasteiger partial charge in [-0.05, 0) is 212 Å². The van der Waals surface area contributed by atoms with Crippen LogP contribution in [-0.4, -0.2) is 27.4 Å². The van der Waals surface area contributed by atoms with Crippen LogP contribution < -0.4 is 0 Å². The number of rotatable bonds is 12.